The zero-order valence-corrected chi connectivity index (χ0v) is 16.9. The number of rotatable bonds is 7. The zero-order valence-electron chi connectivity index (χ0n) is 16.9. The molecule has 0 spiro atoms. The Morgan fingerprint density at radius 3 is 2.61 bits per heavy atom. The van der Waals surface area contributed by atoms with Gasteiger partial charge in [0.25, 0.3) is 5.91 Å². The summed E-state index contributed by atoms with van der Waals surface area (Å²) in [4.78, 5) is 22.9. The van der Waals surface area contributed by atoms with Gasteiger partial charge in [0, 0.05) is 24.4 Å². The van der Waals surface area contributed by atoms with E-state index >= 15 is 0 Å². The quantitative estimate of drug-likeness (QED) is 0.455. The molecule has 8 nitrogen and oxygen atoms in total. The first-order chi connectivity index (χ1) is 14.8. The van der Waals surface area contributed by atoms with E-state index < -0.39 is 28.9 Å². The van der Waals surface area contributed by atoms with E-state index in [1.165, 1.54) is 0 Å². The molecule has 0 aliphatic carbocycles. The lowest BCUT2D eigenvalue weighted by Crippen LogP contribution is -2.23. The van der Waals surface area contributed by atoms with Crippen LogP contribution in [0.25, 0.3) is 0 Å². The summed E-state index contributed by atoms with van der Waals surface area (Å²) < 4.78 is 20.5. The van der Waals surface area contributed by atoms with Crippen LogP contribution < -0.4 is 10.1 Å². The van der Waals surface area contributed by atoms with Gasteiger partial charge in [-0.05, 0) is 31.0 Å². The van der Waals surface area contributed by atoms with Crippen LogP contribution in [0.2, 0.25) is 0 Å². The molecule has 0 bridgehead atoms. The number of halogens is 1. The second-order valence-corrected chi connectivity index (χ2v) is 6.82. The first-order valence-electron chi connectivity index (χ1n) is 9.32. The Hall–Kier alpha value is -4.19. The molecule has 0 saturated carbocycles. The molecule has 0 unspecified atom stereocenters. The number of aromatic nitrogens is 1. The van der Waals surface area contributed by atoms with Gasteiger partial charge in [-0.3, -0.25) is 14.9 Å². The van der Waals surface area contributed by atoms with Crippen molar-refractivity contribution in [3.05, 3.63) is 86.8 Å². The van der Waals surface area contributed by atoms with Crippen molar-refractivity contribution < 1.29 is 18.8 Å². The monoisotopic (exact) mass is 422 g/mol. The van der Waals surface area contributed by atoms with Crippen LogP contribution in [0.5, 0.6) is 5.75 Å². The molecule has 2 aromatic carbocycles. The molecular formula is C22H19FN4O4. The number of hydrogen-bond acceptors (Lipinski definition) is 5. The number of hydrogen-bond donors (Lipinski definition) is 1. The first kappa shape index (κ1) is 21.5. The van der Waals surface area contributed by atoms with Crippen molar-refractivity contribution in [2.24, 2.45) is 0 Å². The van der Waals surface area contributed by atoms with E-state index in [0.29, 0.717) is 17.9 Å². The Morgan fingerprint density at radius 2 is 1.97 bits per heavy atom. The summed E-state index contributed by atoms with van der Waals surface area (Å²) in [7, 11) is 0. The van der Waals surface area contributed by atoms with Crippen LogP contribution in [0.4, 0.5) is 15.9 Å². The second kappa shape index (κ2) is 9.09. The predicted molar refractivity (Wildman–Crippen MR) is 111 cm³/mol. The van der Waals surface area contributed by atoms with Gasteiger partial charge in [-0.25, -0.2) is 4.39 Å². The van der Waals surface area contributed by atoms with Crippen molar-refractivity contribution in [2.75, 3.05) is 11.9 Å². The fraction of sp³-hybridized carbons (Fsp3) is 0.182. The summed E-state index contributed by atoms with van der Waals surface area (Å²) in [6.45, 7) is 3.48. The number of nitro groups is 1. The number of ether oxygens (including phenoxy) is 1. The highest BCUT2D eigenvalue weighted by atomic mass is 19.1. The van der Waals surface area contributed by atoms with Crippen LogP contribution in [0.1, 0.15) is 22.4 Å². The topological polar surface area (TPSA) is 110 Å². The Kier molecular flexibility index (Phi) is 6.31. The normalized spacial score (nSPS) is 10.4. The average molecular weight is 422 g/mol. The van der Waals surface area contributed by atoms with Gasteiger partial charge in [-0.15, -0.1) is 0 Å². The first-order valence-corrected chi connectivity index (χ1v) is 9.32. The SMILES string of the molecule is Cc1c(C#N)c(NC(=O)COc2cc(F)ccc2[N+](=O)[O-])n(Cc2ccccc2)c1C. The van der Waals surface area contributed by atoms with Gasteiger partial charge in [0.1, 0.15) is 17.7 Å². The molecule has 9 heteroatoms. The van der Waals surface area contributed by atoms with Gasteiger partial charge in [-0.2, -0.15) is 5.26 Å². The van der Waals surface area contributed by atoms with Crippen molar-refractivity contribution in [1.29, 1.82) is 5.26 Å². The molecule has 158 valence electrons. The maximum atomic E-state index is 13.4. The van der Waals surface area contributed by atoms with E-state index in [4.69, 9.17) is 4.74 Å². The Bertz CT molecular complexity index is 1180. The summed E-state index contributed by atoms with van der Waals surface area (Å²) in [5, 5.41) is 23.3. The highest BCUT2D eigenvalue weighted by Gasteiger charge is 2.21. The van der Waals surface area contributed by atoms with Crippen molar-refractivity contribution >= 4 is 17.4 Å². The summed E-state index contributed by atoms with van der Waals surface area (Å²) in [5.74, 6) is -1.41. The number of amides is 1. The lowest BCUT2D eigenvalue weighted by molar-refractivity contribution is -0.385. The summed E-state index contributed by atoms with van der Waals surface area (Å²) in [6.07, 6.45) is 0. The van der Waals surface area contributed by atoms with Gasteiger partial charge >= 0.3 is 5.69 Å². The van der Waals surface area contributed by atoms with E-state index in [1.54, 1.807) is 6.92 Å². The Labute approximate surface area is 177 Å². The molecule has 1 amide bonds. The lowest BCUT2D eigenvalue weighted by atomic mass is 10.2. The standard InChI is InChI=1S/C22H19FN4O4/c1-14-15(2)26(12-16-6-4-3-5-7-16)22(18(14)11-24)25-21(28)13-31-20-10-17(23)8-9-19(20)27(29)30/h3-10H,12-13H2,1-2H3,(H,25,28). The second-order valence-electron chi connectivity index (χ2n) is 6.82. The van der Waals surface area contributed by atoms with E-state index in [1.807, 2.05) is 41.8 Å². The third kappa shape index (κ3) is 4.70. The summed E-state index contributed by atoms with van der Waals surface area (Å²) in [5.41, 5.74) is 2.39. The van der Waals surface area contributed by atoms with Crippen molar-refractivity contribution in [2.45, 2.75) is 20.4 Å². The maximum absolute atomic E-state index is 13.4. The molecule has 3 rings (SSSR count). The number of nitro benzene ring substituents is 1. The van der Waals surface area contributed by atoms with Gasteiger partial charge in [0.05, 0.1) is 10.5 Å². The van der Waals surface area contributed by atoms with E-state index in [0.717, 1.165) is 35.0 Å². The van der Waals surface area contributed by atoms with Crippen LogP contribution in [0.15, 0.2) is 48.5 Å². The lowest BCUT2D eigenvalue weighted by Gasteiger charge is -2.14. The van der Waals surface area contributed by atoms with Crippen LogP contribution in [-0.4, -0.2) is 22.0 Å². The predicted octanol–water partition coefficient (Wildman–Crippen LogP) is 4.09. The molecule has 0 fully saturated rings. The minimum absolute atomic E-state index is 0.309. The van der Waals surface area contributed by atoms with Crippen molar-refractivity contribution in [3.63, 3.8) is 0 Å². The smallest absolute Gasteiger partial charge is 0.311 e. The number of nitrogens with one attached hydrogen (secondary N) is 1. The minimum atomic E-state index is -0.726. The Balaban J connectivity index is 1.83. The minimum Gasteiger partial charge on any atom is -0.477 e. The highest BCUT2D eigenvalue weighted by molar-refractivity contribution is 5.93. The Morgan fingerprint density at radius 1 is 1.26 bits per heavy atom. The molecule has 1 heterocycles. The van der Waals surface area contributed by atoms with Gasteiger partial charge in [0.2, 0.25) is 5.75 Å². The molecule has 0 aliphatic rings. The molecule has 1 aromatic heterocycles. The van der Waals surface area contributed by atoms with Crippen LogP contribution in [0, 0.1) is 41.1 Å². The number of carbonyl (C=O) groups excluding carboxylic acids is 1. The number of nitriles is 1. The summed E-state index contributed by atoms with van der Waals surface area (Å²) in [6, 6.07) is 14.4. The average Bonchev–Trinajstić information content (AvgIpc) is 2.96. The molecular weight excluding hydrogens is 403 g/mol. The van der Waals surface area contributed by atoms with Gasteiger partial charge in [0.15, 0.2) is 6.61 Å². The molecule has 0 radical (unpaired) electrons. The van der Waals surface area contributed by atoms with Crippen LogP contribution >= 0.6 is 0 Å². The number of carbonyl (C=O) groups is 1. The van der Waals surface area contributed by atoms with Crippen molar-refractivity contribution in [3.8, 4) is 11.8 Å². The fourth-order valence-corrected chi connectivity index (χ4v) is 3.16. The zero-order chi connectivity index (χ0) is 22.5. The highest BCUT2D eigenvalue weighted by Crippen LogP contribution is 2.29. The molecule has 0 aliphatic heterocycles. The maximum Gasteiger partial charge on any atom is 0.311 e. The number of anilines is 1. The number of benzene rings is 2. The molecule has 0 atom stereocenters. The van der Waals surface area contributed by atoms with Gasteiger partial charge < -0.3 is 14.6 Å². The third-order valence-corrected chi connectivity index (χ3v) is 4.86. The summed E-state index contributed by atoms with van der Waals surface area (Å²) >= 11 is 0. The largest absolute Gasteiger partial charge is 0.477 e. The third-order valence-electron chi connectivity index (χ3n) is 4.86. The van der Waals surface area contributed by atoms with Crippen LogP contribution in [0.3, 0.4) is 0 Å². The van der Waals surface area contributed by atoms with Crippen molar-refractivity contribution in [1.82, 2.24) is 4.57 Å². The van der Waals surface area contributed by atoms with E-state index in [9.17, 15) is 24.6 Å². The van der Waals surface area contributed by atoms with Gasteiger partial charge in [-0.1, -0.05) is 30.3 Å². The molecule has 3 aromatic rings. The van der Waals surface area contributed by atoms with E-state index in [-0.39, 0.29) is 5.75 Å². The fourth-order valence-electron chi connectivity index (χ4n) is 3.16. The van der Waals surface area contributed by atoms with Crippen LogP contribution in [-0.2, 0) is 11.3 Å². The van der Waals surface area contributed by atoms with E-state index in [2.05, 4.69) is 11.4 Å². The molecule has 31 heavy (non-hydrogen) atoms. The number of nitrogens with zero attached hydrogens (tertiary/aromatic N) is 3. The molecule has 1 N–H and O–H groups in total. The molecule has 0 saturated heterocycles.